The van der Waals surface area contributed by atoms with Crippen molar-refractivity contribution >= 4 is 51.7 Å². The highest BCUT2D eigenvalue weighted by Crippen LogP contribution is 2.42. The number of furan rings is 1. The Balaban J connectivity index is 1.78. The van der Waals surface area contributed by atoms with Crippen LogP contribution >= 0.6 is 23.2 Å². The first kappa shape index (κ1) is 28.5. The number of nitrogens with zero attached hydrogens (tertiary/aromatic N) is 2. The molecule has 0 aliphatic carbocycles. The van der Waals surface area contributed by atoms with Crippen LogP contribution in [0.2, 0.25) is 10.0 Å². The minimum absolute atomic E-state index is 0.0572. The molecule has 0 radical (unpaired) electrons. The molecule has 0 aliphatic heterocycles. The molecule has 41 heavy (non-hydrogen) atoms. The van der Waals surface area contributed by atoms with E-state index in [0.29, 0.717) is 32.3 Å². The van der Waals surface area contributed by atoms with Crippen LogP contribution < -0.4 is 5.32 Å². The Morgan fingerprint density at radius 1 is 0.927 bits per heavy atom. The molecule has 2 aromatic carbocycles. The molecular weight excluding hydrogens is 563 g/mol. The molecule has 8 nitrogen and oxygen atoms in total. The quantitative estimate of drug-likeness (QED) is 0.173. The van der Waals surface area contributed by atoms with E-state index < -0.39 is 16.9 Å². The maximum absolute atomic E-state index is 13.5. The van der Waals surface area contributed by atoms with Crippen LogP contribution in [-0.2, 0) is 4.79 Å². The van der Waals surface area contributed by atoms with Gasteiger partial charge in [-0.25, -0.2) is 4.98 Å². The highest BCUT2D eigenvalue weighted by Gasteiger charge is 2.34. The summed E-state index contributed by atoms with van der Waals surface area (Å²) in [4.78, 5) is 31.2. The number of hydrogen-bond acceptors (Lipinski definition) is 6. The van der Waals surface area contributed by atoms with Gasteiger partial charge in [-0.1, -0.05) is 68.2 Å². The Kier molecular flexibility index (Phi) is 7.27. The zero-order valence-corrected chi connectivity index (χ0v) is 24.6. The molecule has 0 saturated heterocycles. The number of anilines is 1. The highest BCUT2D eigenvalue weighted by molar-refractivity contribution is 6.34. The number of benzene rings is 2. The first-order valence-corrected chi connectivity index (χ1v) is 13.6. The van der Waals surface area contributed by atoms with Gasteiger partial charge in [0.1, 0.15) is 11.3 Å². The van der Waals surface area contributed by atoms with Crippen LogP contribution in [0.1, 0.15) is 45.2 Å². The summed E-state index contributed by atoms with van der Waals surface area (Å²) in [6.07, 6.45) is 3.48. The highest BCUT2D eigenvalue weighted by atomic mass is 35.5. The van der Waals surface area contributed by atoms with Gasteiger partial charge in [0.15, 0.2) is 5.76 Å². The largest absolute Gasteiger partial charge is 0.432 e. The Morgan fingerprint density at radius 3 is 2.20 bits per heavy atom. The Labute approximate surface area is 246 Å². The van der Waals surface area contributed by atoms with Gasteiger partial charge < -0.3 is 14.8 Å². The number of amides is 1. The van der Waals surface area contributed by atoms with Crippen molar-refractivity contribution in [3.63, 3.8) is 0 Å². The number of hydrogen-bond donors (Lipinski definition) is 3. The van der Waals surface area contributed by atoms with Crippen molar-refractivity contribution in [2.75, 3.05) is 5.32 Å². The summed E-state index contributed by atoms with van der Waals surface area (Å²) in [6, 6.07) is 14.6. The molecule has 3 aromatic heterocycles. The maximum Gasteiger partial charge on any atom is 0.255 e. The molecule has 5 rings (SSSR count). The molecule has 3 N–H and O–H groups in total. The number of ketones is 1. The van der Waals surface area contributed by atoms with Gasteiger partial charge in [-0.3, -0.25) is 14.7 Å². The smallest absolute Gasteiger partial charge is 0.255 e. The molecule has 5 aromatic rings. The van der Waals surface area contributed by atoms with Crippen molar-refractivity contribution in [2.24, 2.45) is 5.41 Å². The van der Waals surface area contributed by atoms with Crippen molar-refractivity contribution < 1.29 is 19.1 Å². The fourth-order valence-electron chi connectivity index (χ4n) is 4.26. The van der Waals surface area contributed by atoms with Gasteiger partial charge in [0.25, 0.3) is 5.91 Å². The van der Waals surface area contributed by atoms with Gasteiger partial charge in [-0.15, -0.1) is 0 Å². The number of aliphatic hydroxyl groups is 1. The van der Waals surface area contributed by atoms with E-state index in [0.717, 1.165) is 16.7 Å². The fraction of sp³-hybridized carbons (Fsp3) is 0.226. The molecule has 3 heterocycles. The van der Waals surface area contributed by atoms with Gasteiger partial charge in [0.05, 0.1) is 22.3 Å². The Bertz CT molecular complexity index is 1780. The van der Waals surface area contributed by atoms with Gasteiger partial charge in [-0.05, 0) is 49.2 Å². The lowest BCUT2D eigenvalue weighted by molar-refractivity contribution is -0.130. The third-order valence-corrected chi connectivity index (χ3v) is 7.14. The van der Waals surface area contributed by atoms with Crippen LogP contribution in [0.25, 0.3) is 44.6 Å². The zero-order valence-electron chi connectivity index (χ0n) is 23.1. The number of H-pyrrole nitrogens is 1. The standard InChI is InChI=1S/C31H28Cl2N4O4/c1-30(2,3)27(38)26-25(37-29(39)31(4,5)40)22-13-21(16-6-9-19(32)10-7-16)24(36-28(22)41-26)20-11-8-17(12-23(20)33)18-14-34-35-15-18/h6-15,40H,1-5H3,(H,34,35)(H,37,39). The first-order chi connectivity index (χ1) is 19.2. The lowest BCUT2D eigenvalue weighted by Gasteiger charge is -2.19. The molecule has 0 fully saturated rings. The van der Waals surface area contributed by atoms with Crippen molar-refractivity contribution in [3.8, 4) is 33.5 Å². The summed E-state index contributed by atoms with van der Waals surface area (Å²) in [7, 11) is 0. The second kappa shape index (κ2) is 10.4. The fourth-order valence-corrected chi connectivity index (χ4v) is 4.66. The zero-order chi connectivity index (χ0) is 29.7. The maximum atomic E-state index is 13.5. The SMILES string of the molecule is CC(C)(C)C(=O)c1oc2nc(-c3ccc(-c4cn[nH]c4)cc3Cl)c(-c3ccc(Cl)cc3)cc2c1NC(=O)C(C)(C)O. The molecule has 0 bridgehead atoms. The Morgan fingerprint density at radius 2 is 1.61 bits per heavy atom. The lowest BCUT2D eigenvalue weighted by Crippen LogP contribution is -2.37. The van der Waals surface area contributed by atoms with E-state index in [9.17, 15) is 14.7 Å². The molecule has 0 spiro atoms. The molecule has 1 amide bonds. The second-order valence-electron chi connectivity index (χ2n) is 11.3. The number of Topliss-reactive ketones (excluding diaryl/α,β-unsaturated/α-hetero) is 1. The van der Waals surface area contributed by atoms with E-state index >= 15 is 0 Å². The summed E-state index contributed by atoms with van der Waals surface area (Å²) in [5.41, 5.74) is 2.07. The summed E-state index contributed by atoms with van der Waals surface area (Å²) < 4.78 is 6.06. The minimum Gasteiger partial charge on any atom is -0.432 e. The van der Waals surface area contributed by atoms with Crippen LogP contribution in [0.5, 0.6) is 0 Å². The summed E-state index contributed by atoms with van der Waals surface area (Å²) in [5, 5.41) is 21.3. The molecule has 0 aliphatic rings. The topological polar surface area (TPSA) is 121 Å². The number of aromatic nitrogens is 3. The molecule has 0 saturated carbocycles. The van der Waals surface area contributed by atoms with E-state index in [2.05, 4.69) is 15.5 Å². The second-order valence-corrected chi connectivity index (χ2v) is 12.2. The number of fused-ring (bicyclic) bond motifs is 1. The minimum atomic E-state index is -1.71. The van der Waals surface area contributed by atoms with E-state index in [4.69, 9.17) is 32.6 Å². The number of nitrogens with one attached hydrogen (secondary N) is 2. The van der Waals surface area contributed by atoms with Crippen LogP contribution in [0.15, 0.2) is 65.3 Å². The summed E-state index contributed by atoms with van der Waals surface area (Å²) in [6.45, 7) is 7.98. The number of carbonyl (C=O) groups is 2. The van der Waals surface area contributed by atoms with Crippen molar-refractivity contribution in [2.45, 2.75) is 40.2 Å². The van der Waals surface area contributed by atoms with Crippen LogP contribution in [0.4, 0.5) is 5.69 Å². The van der Waals surface area contributed by atoms with Crippen LogP contribution in [0, 0.1) is 5.41 Å². The number of aromatic amines is 1. The molecule has 0 unspecified atom stereocenters. The van der Waals surface area contributed by atoms with Gasteiger partial charge in [-0.2, -0.15) is 5.10 Å². The molecule has 0 atom stereocenters. The predicted octanol–water partition coefficient (Wildman–Crippen LogP) is 7.80. The normalized spacial score (nSPS) is 12.1. The first-order valence-electron chi connectivity index (χ1n) is 12.8. The average molecular weight is 591 g/mol. The van der Waals surface area contributed by atoms with Gasteiger partial charge >= 0.3 is 0 Å². The summed E-state index contributed by atoms with van der Waals surface area (Å²) >= 11 is 13.0. The summed E-state index contributed by atoms with van der Waals surface area (Å²) in [5.74, 6) is -1.09. The lowest BCUT2D eigenvalue weighted by atomic mass is 9.88. The van der Waals surface area contributed by atoms with Crippen LogP contribution in [0.3, 0.4) is 0 Å². The predicted molar refractivity (Wildman–Crippen MR) is 161 cm³/mol. The number of carbonyl (C=O) groups excluding carboxylic acids is 2. The van der Waals surface area contributed by atoms with E-state index in [1.807, 2.05) is 30.3 Å². The third-order valence-electron chi connectivity index (χ3n) is 6.58. The number of pyridine rings is 1. The molecule has 210 valence electrons. The van der Waals surface area contributed by atoms with E-state index in [-0.39, 0.29) is 22.9 Å². The molecular formula is C31H28Cl2N4O4. The van der Waals surface area contributed by atoms with Gasteiger partial charge in [0, 0.05) is 33.3 Å². The number of halogens is 2. The van der Waals surface area contributed by atoms with Crippen molar-refractivity contribution in [3.05, 3.63) is 76.7 Å². The van der Waals surface area contributed by atoms with Crippen molar-refractivity contribution in [1.29, 1.82) is 0 Å². The average Bonchev–Trinajstić information content (AvgIpc) is 3.55. The van der Waals surface area contributed by atoms with Gasteiger partial charge in [0.2, 0.25) is 11.5 Å². The van der Waals surface area contributed by atoms with Crippen molar-refractivity contribution in [1.82, 2.24) is 15.2 Å². The monoisotopic (exact) mass is 590 g/mol. The number of rotatable bonds is 6. The van der Waals surface area contributed by atoms with E-state index in [1.54, 1.807) is 51.4 Å². The molecule has 10 heteroatoms. The van der Waals surface area contributed by atoms with E-state index in [1.165, 1.54) is 13.8 Å². The Hall–Kier alpha value is -3.98. The van der Waals surface area contributed by atoms with Crippen LogP contribution in [-0.4, -0.2) is 37.6 Å². The third kappa shape index (κ3) is 5.63.